The lowest BCUT2D eigenvalue weighted by molar-refractivity contribution is -0.113. The molecule has 1 aliphatic carbocycles. The fourth-order valence-corrected chi connectivity index (χ4v) is 7.00. The van der Waals surface area contributed by atoms with E-state index in [0.717, 1.165) is 61.2 Å². The molecule has 0 spiro atoms. The minimum absolute atomic E-state index is 0.169. The number of aryl methyl sites for hydroxylation is 3. The minimum Gasteiger partial charge on any atom is -0.493 e. The standard InChI is InChI=1S/C28H35ClN4O4S2/c1-4-33-23(12-9-15-37-21-14-13-19(29)16-18(21)3)31-32-28(33)38-17-24(34)30-26-25(27(35)36-5-2)20-10-7-6-8-11-22(20)39-26/h13-14,16H,4-12,15,17H2,1-3H3,(H,30,34). The van der Waals surface area contributed by atoms with Gasteiger partial charge in [-0.1, -0.05) is 29.8 Å². The number of aromatic nitrogens is 3. The molecule has 1 aliphatic rings. The van der Waals surface area contributed by atoms with E-state index >= 15 is 0 Å². The van der Waals surface area contributed by atoms with Crippen LogP contribution in [0.4, 0.5) is 5.00 Å². The summed E-state index contributed by atoms with van der Waals surface area (Å²) < 4.78 is 13.3. The Bertz CT molecular complexity index is 1310. The molecule has 0 saturated carbocycles. The number of thioether (sulfide) groups is 1. The van der Waals surface area contributed by atoms with E-state index in [2.05, 4.69) is 15.5 Å². The lowest BCUT2D eigenvalue weighted by Crippen LogP contribution is -2.17. The number of nitrogens with zero attached hydrogens (tertiary/aromatic N) is 3. The predicted molar refractivity (Wildman–Crippen MR) is 157 cm³/mol. The highest BCUT2D eigenvalue weighted by Gasteiger charge is 2.26. The second-order valence-corrected chi connectivity index (χ2v) is 11.8. The summed E-state index contributed by atoms with van der Waals surface area (Å²) in [6.45, 7) is 7.36. The van der Waals surface area contributed by atoms with Gasteiger partial charge in [0.2, 0.25) is 5.91 Å². The fourth-order valence-electron chi connectivity index (χ4n) is 4.66. The highest BCUT2D eigenvalue weighted by Crippen LogP contribution is 2.38. The molecule has 210 valence electrons. The van der Waals surface area contributed by atoms with Gasteiger partial charge in [-0.2, -0.15) is 0 Å². The molecule has 0 saturated heterocycles. The summed E-state index contributed by atoms with van der Waals surface area (Å²) in [6.07, 6.45) is 6.56. The first kappa shape index (κ1) is 29.4. The average Bonchev–Trinajstić information content (AvgIpc) is 3.38. The molecule has 0 bridgehead atoms. The number of benzene rings is 1. The Balaban J connectivity index is 1.34. The molecule has 11 heteroatoms. The lowest BCUT2D eigenvalue weighted by atomic mass is 10.1. The Morgan fingerprint density at radius 3 is 2.77 bits per heavy atom. The number of halogens is 1. The zero-order valence-corrected chi connectivity index (χ0v) is 25.1. The van der Waals surface area contributed by atoms with Crippen molar-refractivity contribution in [1.29, 1.82) is 0 Å². The molecule has 2 heterocycles. The zero-order chi connectivity index (χ0) is 27.8. The van der Waals surface area contributed by atoms with Gasteiger partial charge in [0, 0.05) is 22.9 Å². The molecular formula is C28H35ClN4O4S2. The molecule has 0 aliphatic heterocycles. The number of ether oxygens (including phenoxy) is 2. The molecule has 8 nitrogen and oxygen atoms in total. The number of anilines is 1. The smallest absolute Gasteiger partial charge is 0.341 e. The Morgan fingerprint density at radius 1 is 1.18 bits per heavy atom. The number of hydrogen-bond donors (Lipinski definition) is 1. The van der Waals surface area contributed by atoms with Crippen LogP contribution in [0.5, 0.6) is 5.75 Å². The van der Waals surface area contributed by atoms with Crippen molar-refractivity contribution in [2.24, 2.45) is 0 Å². The highest BCUT2D eigenvalue weighted by atomic mass is 35.5. The predicted octanol–water partition coefficient (Wildman–Crippen LogP) is 6.51. The molecule has 0 unspecified atom stereocenters. The molecule has 39 heavy (non-hydrogen) atoms. The molecule has 2 aromatic heterocycles. The third-order valence-corrected chi connectivity index (χ3v) is 8.94. The van der Waals surface area contributed by atoms with Crippen LogP contribution in [0.2, 0.25) is 5.02 Å². The van der Waals surface area contributed by atoms with Crippen LogP contribution in [0.25, 0.3) is 0 Å². The van der Waals surface area contributed by atoms with Gasteiger partial charge in [0.15, 0.2) is 5.16 Å². The van der Waals surface area contributed by atoms with E-state index in [-0.39, 0.29) is 17.6 Å². The fraction of sp³-hybridized carbons (Fsp3) is 0.500. The summed E-state index contributed by atoms with van der Waals surface area (Å²) in [6, 6.07) is 5.59. The van der Waals surface area contributed by atoms with Gasteiger partial charge in [0.05, 0.1) is 24.5 Å². The summed E-state index contributed by atoms with van der Waals surface area (Å²) in [5.41, 5.74) is 2.58. The quantitative estimate of drug-likeness (QED) is 0.111. The van der Waals surface area contributed by atoms with Gasteiger partial charge in [-0.05, 0) is 82.2 Å². The molecular weight excluding hydrogens is 556 g/mol. The molecule has 4 rings (SSSR count). The van der Waals surface area contributed by atoms with Crippen molar-refractivity contribution in [3.8, 4) is 5.75 Å². The topological polar surface area (TPSA) is 95.3 Å². The summed E-state index contributed by atoms with van der Waals surface area (Å²) >= 11 is 8.87. The normalized spacial score (nSPS) is 13.0. The molecule has 1 amide bonds. The second kappa shape index (κ2) is 14.2. The van der Waals surface area contributed by atoms with Crippen LogP contribution in [0.1, 0.15) is 71.7 Å². The van der Waals surface area contributed by atoms with Crippen molar-refractivity contribution in [3.63, 3.8) is 0 Å². The number of rotatable bonds is 12. The van der Waals surface area contributed by atoms with E-state index in [9.17, 15) is 9.59 Å². The first-order valence-electron chi connectivity index (χ1n) is 13.5. The van der Waals surface area contributed by atoms with Crippen LogP contribution in [-0.2, 0) is 35.3 Å². The number of nitrogens with one attached hydrogen (secondary N) is 1. The number of esters is 1. The Labute approximate surface area is 242 Å². The molecule has 0 fully saturated rings. The van der Waals surface area contributed by atoms with Gasteiger partial charge in [-0.15, -0.1) is 21.5 Å². The SMILES string of the molecule is CCOC(=O)c1c(NC(=O)CSc2nnc(CCCOc3ccc(Cl)cc3C)n2CC)sc2c1CCCCC2. The van der Waals surface area contributed by atoms with Crippen LogP contribution in [0.3, 0.4) is 0 Å². The highest BCUT2D eigenvalue weighted by molar-refractivity contribution is 7.99. The largest absolute Gasteiger partial charge is 0.493 e. The van der Waals surface area contributed by atoms with Crippen molar-refractivity contribution in [2.75, 3.05) is 24.3 Å². The summed E-state index contributed by atoms with van der Waals surface area (Å²) in [4.78, 5) is 26.9. The second-order valence-electron chi connectivity index (χ2n) is 9.33. The van der Waals surface area contributed by atoms with Gasteiger partial charge in [0.1, 0.15) is 16.6 Å². The average molecular weight is 591 g/mol. The number of amides is 1. The van der Waals surface area contributed by atoms with Crippen molar-refractivity contribution in [1.82, 2.24) is 14.8 Å². The van der Waals surface area contributed by atoms with Crippen LogP contribution in [0.15, 0.2) is 23.4 Å². The number of hydrogen-bond acceptors (Lipinski definition) is 8. The van der Waals surface area contributed by atoms with Crippen molar-refractivity contribution >= 4 is 51.6 Å². The molecule has 0 radical (unpaired) electrons. The van der Waals surface area contributed by atoms with E-state index in [1.807, 2.05) is 36.6 Å². The minimum atomic E-state index is -0.356. The maximum absolute atomic E-state index is 12.9. The molecule has 1 N–H and O–H groups in total. The van der Waals surface area contributed by atoms with E-state index < -0.39 is 0 Å². The number of carbonyl (C=O) groups is 2. The Kier molecular flexibility index (Phi) is 10.7. The molecule has 3 aromatic rings. The number of carbonyl (C=O) groups excluding carboxylic acids is 2. The van der Waals surface area contributed by atoms with Crippen molar-refractivity contribution in [2.45, 2.75) is 77.4 Å². The summed E-state index contributed by atoms with van der Waals surface area (Å²) in [7, 11) is 0. The first-order valence-corrected chi connectivity index (χ1v) is 15.6. The van der Waals surface area contributed by atoms with E-state index in [4.69, 9.17) is 21.1 Å². The van der Waals surface area contributed by atoms with Crippen LogP contribution < -0.4 is 10.1 Å². The van der Waals surface area contributed by atoms with Gasteiger partial charge in [0.25, 0.3) is 0 Å². The monoisotopic (exact) mass is 590 g/mol. The van der Waals surface area contributed by atoms with Crippen molar-refractivity contribution in [3.05, 3.63) is 50.6 Å². The zero-order valence-electron chi connectivity index (χ0n) is 22.7. The molecule has 0 atom stereocenters. The van der Waals surface area contributed by atoms with Gasteiger partial charge in [-0.25, -0.2) is 4.79 Å². The van der Waals surface area contributed by atoms with Gasteiger partial charge >= 0.3 is 5.97 Å². The number of fused-ring (bicyclic) bond motifs is 1. The van der Waals surface area contributed by atoms with Crippen LogP contribution >= 0.6 is 34.7 Å². The van der Waals surface area contributed by atoms with Crippen molar-refractivity contribution < 1.29 is 19.1 Å². The maximum Gasteiger partial charge on any atom is 0.341 e. The molecule has 1 aromatic carbocycles. The maximum atomic E-state index is 12.9. The van der Waals surface area contributed by atoms with Gasteiger partial charge < -0.3 is 19.4 Å². The Morgan fingerprint density at radius 2 is 2.00 bits per heavy atom. The number of thiophene rings is 1. The van der Waals surface area contributed by atoms with E-state index in [1.54, 1.807) is 6.92 Å². The summed E-state index contributed by atoms with van der Waals surface area (Å²) in [5.74, 6) is 1.32. The third-order valence-electron chi connectivity index (χ3n) is 6.54. The van der Waals surface area contributed by atoms with Crippen LogP contribution in [0, 0.1) is 6.92 Å². The third kappa shape index (κ3) is 7.55. The first-order chi connectivity index (χ1) is 18.9. The van der Waals surface area contributed by atoms with E-state index in [1.165, 1.54) is 28.0 Å². The lowest BCUT2D eigenvalue weighted by Gasteiger charge is -2.10. The van der Waals surface area contributed by atoms with Crippen LogP contribution in [-0.4, -0.2) is 45.6 Å². The van der Waals surface area contributed by atoms with E-state index in [0.29, 0.717) is 46.9 Å². The van der Waals surface area contributed by atoms with Gasteiger partial charge in [-0.3, -0.25) is 4.79 Å². The Hall–Kier alpha value is -2.56. The summed E-state index contributed by atoms with van der Waals surface area (Å²) in [5, 5.41) is 13.7.